The first-order chi connectivity index (χ1) is 13.8. The molecule has 0 atom stereocenters. The summed E-state index contributed by atoms with van der Waals surface area (Å²) in [6.45, 7) is 0. The molecule has 1 fully saturated rings. The molecular formula is C19H20N8O. The van der Waals surface area contributed by atoms with Crippen LogP contribution >= 0.6 is 0 Å². The largest absolute Gasteiger partial charge is 0.326 e. The quantitative estimate of drug-likeness (QED) is 0.502. The highest BCUT2D eigenvalue weighted by Crippen LogP contribution is 2.31. The second kappa shape index (κ2) is 6.99. The van der Waals surface area contributed by atoms with E-state index in [1.807, 2.05) is 24.3 Å². The molecule has 1 saturated carbocycles. The minimum absolute atomic E-state index is 0.295. The van der Waals surface area contributed by atoms with Crippen LogP contribution < -0.4 is 5.69 Å². The predicted octanol–water partition coefficient (Wildman–Crippen LogP) is 2.62. The van der Waals surface area contributed by atoms with Crippen LogP contribution in [0.2, 0.25) is 0 Å². The van der Waals surface area contributed by atoms with Crippen LogP contribution in [0.4, 0.5) is 0 Å². The average molecular weight is 376 g/mol. The SMILES string of the molecule is O=c1[nH]c2nc(CC3CCCCC3)c(-c3cccc(-c4nn[nH]n4)c3)nc2[nH]1. The first-order valence-corrected chi connectivity index (χ1v) is 9.59. The van der Waals surface area contributed by atoms with E-state index in [-0.39, 0.29) is 5.69 Å². The van der Waals surface area contributed by atoms with Gasteiger partial charge in [0.1, 0.15) is 0 Å². The Morgan fingerprint density at radius 1 is 1.00 bits per heavy atom. The van der Waals surface area contributed by atoms with Crippen molar-refractivity contribution in [2.45, 2.75) is 38.5 Å². The van der Waals surface area contributed by atoms with Gasteiger partial charge in [-0.1, -0.05) is 50.3 Å². The lowest BCUT2D eigenvalue weighted by molar-refractivity contribution is 0.354. The third-order valence-electron chi connectivity index (χ3n) is 5.38. The molecule has 1 aliphatic carbocycles. The number of imidazole rings is 1. The van der Waals surface area contributed by atoms with Gasteiger partial charge in [-0.3, -0.25) is 9.97 Å². The molecule has 0 spiro atoms. The monoisotopic (exact) mass is 376 g/mol. The Morgan fingerprint density at radius 2 is 1.79 bits per heavy atom. The van der Waals surface area contributed by atoms with Crippen molar-refractivity contribution in [1.82, 2.24) is 40.6 Å². The zero-order valence-corrected chi connectivity index (χ0v) is 15.3. The van der Waals surface area contributed by atoms with Gasteiger partial charge < -0.3 is 0 Å². The number of H-pyrrole nitrogens is 3. The molecule has 3 heterocycles. The summed E-state index contributed by atoms with van der Waals surface area (Å²) in [5, 5.41) is 14.2. The highest BCUT2D eigenvalue weighted by molar-refractivity contribution is 5.74. The number of benzene rings is 1. The van der Waals surface area contributed by atoms with Gasteiger partial charge in [-0.2, -0.15) is 5.21 Å². The summed E-state index contributed by atoms with van der Waals surface area (Å²) in [7, 11) is 0. The van der Waals surface area contributed by atoms with Gasteiger partial charge in [-0.25, -0.2) is 14.8 Å². The Balaban J connectivity index is 1.61. The molecule has 1 aliphatic rings. The van der Waals surface area contributed by atoms with Crippen molar-refractivity contribution in [2.24, 2.45) is 5.92 Å². The Kier molecular flexibility index (Phi) is 4.19. The molecule has 9 nitrogen and oxygen atoms in total. The summed E-state index contributed by atoms with van der Waals surface area (Å²) in [6.07, 6.45) is 7.13. The summed E-state index contributed by atoms with van der Waals surface area (Å²) in [4.78, 5) is 26.7. The van der Waals surface area contributed by atoms with Gasteiger partial charge in [-0.15, -0.1) is 10.2 Å². The van der Waals surface area contributed by atoms with Crippen molar-refractivity contribution in [3.8, 4) is 22.6 Å². The van der Waals surface area contributed by atoms with Gasteiger partial charge >= 0.3 is 5.69 Å². The number of rotatable bonds is 4. The lowest BCUT2D eigenvalue weighted by Crippen LogP contribution is -2.12. The molecule has 3 N–H and O–H groups in total. The minimum Gasteiger partial charge on any atom is -0.289 e. The fraction of sp³-hybridized carbons (Fsp3) is 0.368. The van der Waals surface area contributed by atoms with E-state index >= 15 is 0 Å². The molecule has 4 aromatic rings. The third-order valence-corrected chi connectivity index (χ3v) is 5.38. The van der Waals surface area contributed by atoms with Gasteiger partial charge in [0.05, 0.1) is 11.4 Å². The van der Waals surface area contributed by atoms with E-state index in [9.17, 15) is 4.79 Å². The van der Waals surface area contributed by atoms with E-state index in [1.54, 1.807) is 0 Å². The maximum Gasteiger partial charge on any atom is 0.326 e. The molecule has 0 unspecified atom stereocenters. The number of hydrogen-bond acceptors (Lipinski definition) is 6. The van der Waals surface area contributed by atoms with Crippen molar-refractivity contribution in [2.75, 3.05) is 0 Å². The number of hydrogen-bond donors (Lipinski definition) is 3. The topological polar surface area (TPSA) is 129 Å². The normalized spacial score (nSPS) is 15.3. The minimum atomic E-state index is -0.295. The van der Waals surface area contributed by atoms with Crippen LogP contribution in [0.3, 0.4) is 0 Å². The number of aromatic nitrogens is 8. The van der Waals surface area contributed by atoms with Crippen LogP contribution in [0.1, 0.15) is 37.8 Å². The summed E-state index contributed by atoms with van der Waals surface area (Å²) in [5.74, 6) is 1.13. The van der Waals surface area contributed by atoms with Crippen LogP contribution in [-0.2, 0) is 6.42 Å². The molecule has 0 amide bonds. The lowest BCUT2D eigenvalue weighted by Gasteiger charge is -2.22. The van der Waals surface area contributed by atoms with Gasteiger partial charge in [0.25, 0.3) is 0 Å². The van der Waals surface area contributed by atoms with Crippen LogP contribution in [-0.4, -0.2) is 40.6 Å². The highest BCUT2D eigenvalue weighted by Gasteiger charge is 2.20. The third kappa shape index (κ3) is 3.19. The van der Waals surface area contributed by atoms with E-state index in [0.29, 0.717) is 23.0 Å². The molecule has 0 aliphatic heterocycles. The Morgan fingerprint density at radius 3 is 2.57 bits per heavy atom. The van der Waals surface area contributed by atoms with E-state index in [4.69, 9.17) is 9.97 Å². The number of nitrogens with one attached hydrogen (secondary N) is 3. The average Bonchev–Trinajstić information content (AvgIpc) is 3.37. The zero-order chi connectivity index (χ0) is 18.9. The Hall–Kier alpha value is -3.36. The first kappa shape index (κ1) is 16.8. The molecule has 9 heteroatoms. The fourth-order valence-electron chi connectivity index (χ4n) is 4.02. The van der Waals surface area contributed by atoms with Crippen molar-refractivity contribution < 1.29 is 0 Å². The molecule has 142 valence electrons. The number of fused-ring (bicyclic) bond motifs is 1. The second-order valence-electron chi connectivity index (χ2n) is 7.32. The van der Waals surface area contributed by atoms with Gasteiger partial charge in [-0.05, 0) is 23.6 Å². The molecule has 3 aromatic heterocycles. The van der Waals surface area contributed by atoms with E-state index in [1.165, 1.54) is 32.1 Å². The summed E-state index contributed by atoms with van der Waals surface area (Å²) in [5.41, 5.74) is 4.16. The van der Waals surface area contributed by atoms with Gasteiger partial charge in [0.2, 0.25) is 5.82 Å². The standard InChI is InChI=1S/C19H20N8O/c28-19-22-17-18(23-19)21-15(14(20-17)9-11-5-2-1-3-6-11)12-7-4-8-13(10-12)16-24-26-27-25-16/h4,7-8,10-11H,1-3,5-6,9H2,(H,24,25,26,27)(H2,20,21,22,23,28). The van der Waals surface area contributed by atoms with Crippen LogP contribution in [0.15, 0.2) is 29.1 Å². The molecule has 0 saturated heterocycles. The molecular weight excluding hydrogens is 356 g/mol. The number of aromatic amines is 3. The van der Waals surface area contributed by atoms with Crippen molar-refractivity contribution in [3.63, 3.8) is 0 Å². The van der Waals surface area contributed by atoms with Crippen molar-refractivity contribution in [1.29, 1.82) is 0 Å². The molecule has 5 rings (SSSR count). The maximum absolute atomic E-state index is 11.7. The van der Waals surface area contributed by atoms with Gasteiger partial charge in [0, 0.05) is 11.1 Å². The Bertz CT molecular complexity index is 1150. The lowest BCUT2D eigenvalue weighted by atomic mass is 9.85. The van der Waals surface area contributed by atoms with Crippen molar-refractivity contribution >= 4 is 11.3 Å². The maximum atomic E-state index is 11.7. The fourth-order valence-corrected chi connectivity index (χ4v) is 4.02. The summed E-state index contributed by atoms with van der Waals surface area (Å²) >= 11 is 0. The van der Waals surface area contributed by atoms with Crippen LogP contribution in [0, 0.1) is 5.92 Å². The van der Waals surface area contributed by atoms with Gasteiger partial charge in [0.15, 0.2) is 11.3 Å². The van der Waals surface area contributed by atoms with Crippen LogP contribution in [0.5, 0.6) is 0 Å². The van der Waals surface area contributed by atoms with Crippen molar-refractivity contribution in [3.05, 3.63) is 40.4 Å². The molecule has 1 aromatic carbocycles. The zero-order valence-electron chi connectivity index (χ0n) is 15.3. The first-order valence-electron chi connectivity index (χ1n) is 9.59. The van der Waals surface area contributed by atoms with E-state index in [2.05, 4.69) is 30.6 Å². The number of nitrogens with zero attached hydrogens (tertiary/aromatic N) is 5. The molecule has 0 radical (unpaired) electrons. The molecule has 28 heavy (non-hydrogen) atoms. The number of tetrazole rings is 1. The second-order valence-corrected chi connectivity index (χ2v) is 7.32. The Labute approximate surface area is 160 Å². The smallest absolute Gasteiger partial charge is 0.289 e. The highest BCUT2D eigenvalue weighted by atomic mass is 16.1. The predicted molar refractivity (Wildman–Crippen MR) is 103 cm³/mol. The summed E-state index contributed by atoms with van der Waals surface area (Å²) < 4.78 is 0. The summed E-state index contributed by atoms with van der Waals surface area (Å²) in [6, 6.07) is 7.85. The van der Waals surface area contributed by atoms with E-state index in [0.717, 1.165) is 28.9 Å². The molecule has 0 bridgehead atoms. The van der Waals surface area contributed by atoms with Crippen LogP contribution in [0.25, 0.3) is 33.9 Å². The van der Waals surface area contributed by atoms with E-state index < -0.39 is 0 Å².